The smallest absolute Gasteiger partial charge is 0.317 e. The van der Waals surface area contributed by atoms with Gasteiger partial charge in [0.15, 0.2) is 0 Å². The number of likely N-dealkylation sites (tertiary alicyclic amines) is 1. The van der Waals surface area contributed by atoms with Crippen molar-refractivity contribution in [2.45, 2.75) is 38.3 Å². The molecule has 3 heterocycles. The third-order valence-electron chi connectivity index (χ3n) is 5.14. The third-order valence-corrected chi connectivity index (χ3v) is 5.14. The number of aromatic nitrogens is 2. The minimum absolute atomic E-state index is 0.00182. The Kier molecular flexibility index (Phi) is 6.68. The van der Waals surface area contributed by atoms with E-state index in [0.717, 1.165) is 49.4 Å². The number of anilines is 2. The Morgan fingerprint density at radius 1 is 1.18 bits per heavy atom. The number of rotatable bonds is 5. The maximum absolute atomic E-state index is 12.7. The average molecular weight is 383 g/mol. The van der Waals surface area contributed by atoms with Crippen molar-refractivity contribution in [1.29, 1.82) is 0 Å². The van der Waals surface area contributed by atoms with Crippen molar-refractivity contribution in [3.8, 4) is 0 Å². The molecule has 2 aromatic heterocycles. The Labute approximate surface area is 167 Å². The fourth-order valence-corrected chi connectivity index (χ4v) is 3.43. The first-order valence-corrected chi connectivity index (χ1v) is 9.88. The van der Waals surface area contributed by atoms with Crippen molar-refractivity contribution in [3.63, 3.8) is 0 Å². The Bertz CT molecular complexity index is 749. The molecule has 3 rings (SSSR count). The topological polar surface area (TPSA) is 73.4 Å². The van der Waals surface area contributed by atoms with Crippen LogP contribution in [0.4, 0.5) is 16.3 Å². The second kappa shape index (κ2) is 9.39. The molecular formula is C21H30N6O. The highest BCUT2D eigenvalue weighted by atomic mass is 16.2. The molecule has 1 fully saturated rings. The molecule has 7 heteroatoms. The lowest BCUT2D eigenvalue weighted by molar-refractivity contribution is 0.196. The number of amides is 2. The molecule has 2 aromatic rings. The number of carbonyl (C=O) groups excluding carboxylic acids is 1. The second-order valence-corrected chi connectivity index (χ2v) is 7.51. The summed E-state index contributed by atoms with van der Waals surface area (Å²) in [7, 11) is 3.96. The molecule has 0 saturated carbocycles. The van der Waals surface area contributed by atoms with Crippen molar-refractivity contribution in [2.75, 3.05) is 37.4 Å². The Morgan fingerprint density at radius 2 is 1.96 bits per heavy atom. The number of carbonyl (C=O) groups is 1. The number of nitrogens with zero attached hydrogens (tertiary/aromatic N) is 4. The van der Waals surface area contributed by atoms with Crippen molar-refractivity contribution >= 4 is 17.5 Å². The van der Waals surface area contributed by atoms with Gasteiger partial charge in [0.05, 0.1) is 17.9 Å². The normalized spacial score (nSPS) is 18.1. The quantitative estimate of drug-likeness (QED) is 0.830. The molecule has 0 aliphatic carbocycles. The summed E-state index contributed by atoms with van der Waals surface area (Å²) in [6, 6.07) is 8.26. The van der Waals surface area contributed by atoms with E-state index < -0.39 is 0 Å². The van der Waals surface area contributed by atoms with Crippen LogP contribution in [-0.2, 0) is 0 Å². The van der Waals surface area contributed by atoms with Gasteiger partial charge in [-0.2, -0.15) is 0 Å². The van der Waals surface area contributed by atoms with E-state index in [1.54, 1.807) is 12.4 Å². The van der Waals surface area contributed by atoms with Crippen LogP contribution in [0.15, 0.2) is 42.9 Å². The van der Waals surface area contributed by atoms with Gasteiger partial charge in [-0.25, -0.2) is 9.78 Å². The van der Waals surface area contributed by atoms with Gasteiger partial charge in [-0.15, -0.1) is 0 Å². The SMILES string of the molecule is C[C@@H](NC(=O)N1CCC[C@@H](Nc2ccc(N(C)C)nc2)CC1)c1ccncc1. The summed E-state index contributed by atoms with van der Waals surface area (Å²) in [5.74, 6) is 0.942. The molecule has 7 nitrogen and oxygen atoms in total. The van der Waals surface area contributed by atoms with E-state index in [0.29, 0.717) is 6.04 Å². The summed E-state index contributed by atoms with van der Waals surface area (Å²) in [4.78, 5) is 25.1. The molecule has 28 heavy (non-hydrogen) atoms. The number of urea groups is 1. The van der Waals surface area contributed by atoms with E-state index in [1.165, 1.54) is 0 Å². The van der Waals surface area contributed by atoms with Crippen molar-refractivity contribution in [2.24, 2.45) is 0 Å². The molecule has 0 spiro atoms. The largest absolute Gasteiger partial charge is 0.381 e. The first kappa shape index (κ1) is 19.9. The van der Waals surface area contributed by atoms with Gasteiger partial charge in [-0.05, 0) is 56.0 Å². The zero-order valence-corrected chi connectivity index (χ0v) is 16.9. The minimum Gasteiger partial charge on any atom is -0.381 e. The van der Waals surface area contributed by atoms with Crippen molar-refractivity contribution in [3.05, 3.63) is 48.4 Å². The molecule has 0 radical (unpaired) electrons. The molecule has 2 N–H and O–H groups in total. The van der Waals surface area contributed by atoms with Gasteiger partial charge in [0.1, 0.15) is 5.82 Å². The standard InChI is InChI=1S/C21H30N6O/c1-16(17-8-11-22-12-9-17)24-21(28)27-13-4-5-18(10-14-27)25-19-6-7-20(23-15-19)26(2)3/h6-9,11-12,15-16,18,25H,4-5,10,13-14H2,1-3H3,(H,24,28)/t16-,18-/m1/s1. The third kappa shape index (κ3) is 5.34. The van der Waals surface area contributed by atoms with Crippen molar-refractivity contribution in [1.82, 2.24) is 20.2 Å². The number of pyridine rings is 2. The molecular weight excluding hydrogens is 352 g/mol. The van der Waals surface area contributed by atoms with Gasteiger partial charge in [0.2, 0.25) is 0 Å². The molecule has 1 saturated heterocycles. The summed E-state index contributed by atoms with van der Waals surface area (Å²) in [6.07, 6.45) is 8.32. The van der Waals surface area contributed by atoms with E-state index in [4.69, 9.17) is 0 Å². The monoisotopic (exact) mass is 382 g/mol. The molecule has 1 aliphatic heterocycles. The number of hydrogen-bond acceptors (Lipinski definition) is 5. The predicted molar refractivity (Wildman–Crippen MR) is 113 cm³/mol. The highest BCUT2D eigenvalue weighted by Gasteiger charge is 2.22. The zero-order valence-electron chi connectivity index (χ0n) is 16.9. The van der Waals surface area contributed by atoms with Gasteiger partial charge in [0, 0.05) is 45.6 Å². The highest BCUT2D eigenvalue weighted by Crippen LogP contribution is 2.19. The van der Waals surface area contributed by atoms with Gasteiger partial charge in [0.25, 0.3) is 0 Å². The first-order valence-electron chi connectivity index (χ1n) is 9.88. The fraction of sp³-hybridized carbons (Fsp3) is 0.476. The van der Waals surface area contributed by atoms with E-state index in [-0.39, 0.29) is 12.1 Å². The second-order valence-electron chi connectivity index (χ2n) is 7.51. The van der Waals surface area contributed by atoms with Crippen LogP contribution in [0, 0.1) is 0 Å². The molecule has 0 bridgehead atoms. The maximum Gasteiger partial charge on any atom is 0.317 e. The lowest BCUT2D eigenvalue weighted by Gasteiger charge is -2.24. The molecule has 1 aliphatic rings. The molecule has 0 aromatic carbocycles. The van der Waals surface area contributed by atoms with Crippen LogP contribution >= 0.6 is 0 Å². The Hall–Kier alpha value is -2.83. The molecule has 150 valence electrons. The summed E-state index contributed by atoms with van der Waals surface area (Å²) in [5.41, 5.74) is 2.09. The lowest BCUT2D eigenvalue weighted by atomic mass is 10.1. The van der Waals surface area contributed by atoms with Gasteiger partial charge in [-0.1, -0.05) is 0 Å². The van der Waals surface area contributed by atoms with Crippen LogP contribution in [0.25, 0.3) is 0 Å². The Morgan fingerprint density at radius 3 is 2.64 bits per heavy atom. The molecule has 0 unspecified atom stereocenters. The van der Waals surface area contributed by atoms with Gasteiger partial charge in [-0.3, -0.25) is 4.98 Å². The number of nitrogens with one attached hydrogen (secondary N) is 2. The summed E-state index contributed by atoms with van der Waals surface area (Å²) < 4.78 is 0. The van der Waals surface area contributed by atoms with Crippen molar-refractivity contribution < 1.29 is 4.79 Å². The van der Waals surface area contributed by atoms with E-state index in [9.17, 15) is 4.79 Å². The van der Waals surface area contributed by atoms with Crippen LogP contribution < -0.4 is 15.5 Å². The summed E-state index contributed by atoms with van der Waals surface area (Å²) in [6.45, 7) is 3.53. The maximum atomic E-state index is 12.7. The fourth-order valence-electron chi connectivity index (χ4n) is 3.43. The van der Waals surface area contributed by atoms with E-state index in [1.807, 2.05) is 55.2 Å². The predicted octanol–water partition coefficient (Wildman–Crippen LogP) is 3.28. The number of hydrogen-bond donors (Lipinski definition) is 2. The molecule has 2 atom stereocenters. The minimum atomic E-state index is -0.0334. The lowest BCUT2D eigenvalue weighted by Crippen LogP contribution is -2.41. The average Bonchev–Trinajstić information content (AvgIpc) is 2.94. The van der Waals surface area contributed by atoms with Crippen LogP contribution in [0.2, 0.25) is 0 Å². The van der Waals surface area contributed by atoms with Crippen LogP contribution in [0.3, 0.4) is 0 Å². The van der Waals surface area contributed by atoms with Crippen LogP contribution in [0.5, 0.6) is 0 Å². The van der Waals surface area contributed by atoms with E-state index in [2.05, 4.69) is 26.7 Å². The highest BCUT2D eigenvalue weighted by molar-refractivity contribution is 5.74. The van der Waals surface area contributed by atoms with Gasteiger partial charge < -0.3 is 20.4 Å². The molecule has 2 amide bonds. The van der Waals surface area contributed by atoms with Gasteiger partial charge >= 0.3 is 6.03 Å². The van der Waals surface area contributed by atoms with Crippen LogP contribution in [0.1, 0.15) is 37.8 Å². The first-order chi connectivity index (χ1) is 13.5. The van der Waals surface area contributed by atoms with E-state index >= 15 is 0 Å². The summed E-state index contributed by atoms with van der Waals surface area (Å²) in [5, 5.41) is 6.67. The Balaban J connectivity index is 1.50. The summed E-state index contributed by atoms with van der Waals surface area (Å²) >= 11 is 0. The zero-order chi connectivity index (χ0) is 19.9. The van der Waals surface area contributed by atoms with Crippen LogP contribution in [-0.4, -0.2) is 54.1 Å².